The Balaban J connectivity index is 0.00000320. The summed E-state index contributed by atoms with van der Waals surface area (Å²) in [6.07, 6.45) is 1.09. The standard InChI is InChI=1S/C22H38N6O.HI/c1-5-26-12-14-27(15-13-26)18(2)16-24-22(23-3)25-19-10-11-28(17-19)20-8-6-7-9-21(20)29-4;/h6-9,18-19H,5,10-17H2,1-4H3,(H2,23,24,25);1H. The lowest BCUT2D eigenvalue weighted by Crippen LogP contribution is -2.53. The molecule has 7 nitrogen and oxygen atoms in total. The number of aliphatic imine (C=N–C) groups is 1. The molecule has 0 aromatic heterocycles. The van der Waals surface area contributed by atoms with Crippen LogP contribution in [0, 0.1) is 0 Å². The number of rotatable bonds is 7. The third kappa shape index (κ3) is 6.62. The summed E-state index contributed by atoms with van der Waals surface area (Å²) in [6, 6.07) is 9.13. The number of anilines is 1. The summed E-state index contributed by atoms with van der Waals surface area (Å²) in [6.45, 7) is 13.2. The van der Waals surface area contributed by atoms with Crippen LogP contribution in [0.25, 0.3) is 0 Å². The van der Waals surface area contributed by atoms with Gasteiger partial charge >= 0.3 is 0 Å². The topological polar surface area (TPSA) is 55.4 Å². The fourth-order valence-electron chi connectivity index (χ4n) is 4.27. The van der Waals surface area contributed by atoms with Crippen molar-refractivity contribution in [2.45, 2.75) is 32.4 Å². The Morgan fingerprint density at radius 1 is 1.20 bits per heavy atom. The largest absolute Gasteiger partial charge is 0.495 e. The first-order chi connectivity index (χ1) is 14.1. The van der Waals surface area contributed by atoms with Crippen LogP contribution in [-0.2, 0) is 0 Å². The van der Waals surface area contributed by atoms with Crippen LogP contribution in [0.3, 0.4) is 0 Å². The minimum absolute atomic E-state index is 0. The summed E-state index contributed by atoms with van der Waals surface area (Å²) in [7, 11) is 3.59. The zero-order valence-corrected chi connectivity index (χ0v) is 21.3. The maximum Gasteiger partial charge on any atom is 0.191 e. The van der Waals surface area contributed by atoms with Crippen LogP contribution < -0.4 is 20.3 Å². The summed E-state index contributed by atoms with van der Waals surface area (Å²) in [5, 5.41) is 7.14. The predicted octanol–water partition coefficient (Wildman–Crippen LogP) is 2.08. The number of para-hydroxylation sites is 2. The number of likely N-dealkylation sites (N-methyl/N-ethyl adjacent to an activating group) is 1. The molecule has 0 spiro atoms. The smallest absolute Gasteiger partial charge is 0.191 e. The molecule has 2 heterocycles. The van der Waals surface area contributed by atoms with Gasteiger partial charge in [-0.3, -0.25) is 9.89 Å². The lowest BCUT2D eigenvalue weighted by atomic mass is 10.2. The molecular weight excluding hydrogens is 491 g/mol. The lowest BCUT2D eigenvalue weighted by molar-refractivity contribution is 0.107. The number of ether oxygens (including phenoxy) is 1. The number of guanidine groups is 1. The number of piperazine rings is 1. The second-order valence-electron chi connectivity index (χ2n) is 8.02. The Morgan fingerprint density at radius 2 is 1.93 bits per heavy atom. The van der Waals surface area contributed by atoms with Crippen molar-refractivity contribution < 1.29 is 4.74 Å². The molecule has 0 bridgehead atoms. The molecule has 2 N–H and O–H groups in total. The van der Waals surface area contributed by atoms with E-state index >= 15 is 0 Å². The first kappa shape index (κ1) is 25.0. The summed E-state index contributed by atoms with van der Waals surface area (Å²) in [5.74, 6) is 1.84. The molecule has 2 fully saturated rings. The van der Waals surface area contributed by atoms with Crippen LogP contribution in [0.1, 0.15) is 20.3 Å². The van der Waals surface area contributed by atoms with Crippen molar-refractivity contribution >= 4 is 35.6 Å². The number of benzene rings is 1. The molecule has 30 heavy (non-hydrogen) atoms. The number of hydrogen-bond donors (Lipinski definition) is 2. The van der Waals surface area contributed by atoms with E-state index in [1.807, 2.05) is 19.2 Å². The van der Waals surface area contributed by atoms with Crippen LogP contribution in [-0.4, -0.2) is 94.4 Å². The maximum absolute atomic E-state index is 5.53. The van der Waals surface area contributed by atoms with Crippen molar-refractivity contribution in [3.05, 3.63) is 24.3 Å². The quantitative estimate of drug-likeness (QED) is 0.320. The minimum atomic E-state index is 0. The Bertz CT molecular complexity index is 665. The van der Waals surface area contributed by atoms with Crippen LogP contribution in [0.5, 0.6) is 5.75 Å². The van der Waals surface area contributed by atoms with Crippen LogP contribution in [0.15, 0.2) is 29.3 Å². The van der Waals surface area contributed by atoms with Gasteiger partial charge < -0.3 is 25.2 Å². The second kappa shape index (κ2) is 12.6. The third-order valence-electron chi connectivity index (χ3n) is 6.22. The molecule has 1 aromatic rings. The van der Waals surface area contributed by atoms with Crippen molar-refractivity contribution in [2.75, 3.05) is 71.4 Å². The SMILES string of the molecule is CCN1CCN(C(C)CNC(=NC)NC2CCN(c3ccccc3OC)C2)CC1.I. The Morgan fingerprint density at radius 3 is 2.60 bits per heavy atom. The van der Waals surface area contributed by atoms with E-state index in [4.69, 9.17) is 4.74 Å². The van der Waals surface area contributed by atoms with Crippen molar-refractivity contribution in [3.8, 4) is 5.75 Å². The lowest BCUT2D eigenvalue weighted by Gasteiger charge is -2.37. The summed E-state index contributed by atoms with van der Waals surface area (Å²) in [4.78, 5) is 11.9. The number of halogens is 1. The van der Waals surface area contributed by atoms with Crippen LogP contribution in [0.4, 0.5) is 5.69 Å². The van der Waals surface area contributed by atoms with E-state index in [-0.39, 0.29) is 24.0 Å². The number of nitrogens with zero attached hydrogens (tertiary/aromatic N) is 4. The Hall–Kier alpha value is -1.26. The van der Waals surface area contributed by atoms with Crippen molar-refractivity contribution in [2.24, 2.45) is 4.99 Å². The van der Waals surface area contributed by atoms with E-state index < -0.39 is 0 Å². The van der Waals surface area contributed by atoms with Gasteiger partial charge in [0.25, 0.3) is 0 Å². The van der Waals surface area contributed by atoms with Crippen molar-refractivity contribution in [1.29, 1.82) is 0 Å². The van der Waals surface area contributed by atoms with Gasteiger partial charge in [-0.1, -0.05) is 19.1 Å². The number of hydrogen-bond acceptors (Lipinski definition) is 5. The molecule has 2 aliphatic rings. The average molecular weight is 530 g/mol. The first-order valence-electron chi connectivity index (χ1n) is 11.0. The Labute approximate surface area is 199 Å². The highest BCUT2D eigenvalue weighted by Gasteiger charge is 2.26. The van der Waals surface area contributed by atoms with E-state index in [1.54, 1.807) is 7.11 Å². The molecule has 2 unspecified atom stereocenters. The van der Waals surface area contributed by atoms with E-state index in [0.29, 0.717) is 12.1 Å². The monoisotopic (exact) mass is 530 g/mol. The molecule has 0 aliphatic carbocycles. The predicted molar refractivity (Wildman–Crippen MR) is 137 cm³/mol. The van der Waals surface area contributed by atoms with Gasteiger partial charge in [0.2, 0.25) is 0 Å². The van der Waals surface area contributed by atoms with Gasteiger partial charge in [0.05, 0.1) is 12.8 Å². The van der Waals surface area contributed by atoms with E-state index in [0.717, 1.165) is 57.4 Å². The first-order valence-corrected chi connectivity index (χ1v) is 11.0. The molecule has 3 rings (SSSR count). The minimum Gasteiger partial charge on any atom is -0.495 e. The number of nitrogens with one attached hydrogen (secondary N) is 2. The molecule has 1 aromatic carbocycles. The van der Waals surface area contributed by atoms with Crippen molar-refractivity contribution in [3.63, 3.8) is 0 Å². The van der Waals surface area contributed by atoms with E-state index in [1.165, 1.54) is 18.8 Å². The highest BCUT2D eigenvalue weighted by atomic mass is 127. The third-order valence-corrected chi connectivity index (χ3v) is 6.22. The summed E-state index contributed by atoms with van der Waals surface area (Å²) < 4.78 is 5.53. The van der Waals surface area contributed by atoms with Gasteiger partial charge in [-0.25, -0.2) is 0 Å². The zero-order valence-electron chi connectivity index (χ0n) is 18.9. The van der Waals surface area contributed by atoms with Gasteiger partial charge in [-0.15, -0.1) is 24.0 Å². The normalized spacial score (nSPS) is 21.8. The Kier molecular flexibility index (Phi) is 10.5. The molecule has 8 heteroatoms. The summed E-state index contributed by atoms with van der Waals surface area (Å²) in [5.41, 5.74) is 1.17. The van der Waals surface area contributed by atoms with Gasteiger partial charge in [-0.2, -0.15) is 0 Å². The molecule has 2 saturated heterocycles. The molecule has 0 amide bonds. The molecular formula is C22H39IN6O. The summed E-state index contributed by atoms with van der Waals surface area (Å²) >= 11 is 0. The fraction of sp³-hybridized carbons (Fsp3) is 0.682. The van der Waals surface area contributed by atoms with E-state index in [2.05, 4.69) is 56.3 Å². The van der Waals surface area contributed by atoms with Gasteiger partial charge in [-0.05, 0) is 32.0 Å². The second-order valence-corrected chi connectivity index (χ2v) is 8.02. The van der Waals surface area contributed by atoms with E-state index in [9.17, 15) is 0 Å². The van der Waals surface area contributed by atoms with Crippen molar-refractivity contribution in [1.82, 2.24) is 20.4 Å². The van der Waals surface area contributed by atoms with Gasteiger partial charge in [0.15, 0.2) is 5.96 Å². The molecule has 2 aliphatic heterocycles. The number of methoxy groups -OCH3 is 1. The van der Waals surface area contributed by atoms with Crippen LogP contribution in [0.2, 0.25) is 0 Å². The molecule has 0 saturated carbocycles. The molecule has 170 valence electrons. The fourth-order valence-corrected chi connectivity index (χ4v) is 4.27. The molecule has 2 atom stereocenters. The van der Waals surface area contributed by atoms with Crippen LogP contribution >= 0.6 is 24.0 Å². The highest BCUT2D eigenvalue weighted by molar-refractivity contribution is 14.0. The highest BCUT2D eigenvalue weighted by Crippen LogP contribution is 2.30. The maximum atomic E-state index is 5.53. The molecule has 0 radical (unpaired) electrons. The zero-order chi connectivity index (χ0) is 20.6. The van der Waals surface area contributed by atoms with Gasteiger partial charge in [0, 0.05) is 64.9 Å². The van der Waals surface area contributed by atoms with Gasteiger partial charge in [0.1, 0.15) is 5.75 Å². The average Bonchev–Trinajstić information content (AvgIpc) is 3.24.